The number of fused-ring (bicyclic) bond motifs is 3. The standard InChI is InChI=1S/C26H25NO3/c1-18-10-12-19(13-11-18)26(29)14-15-27(17-26)25(28)30-16-24-22-8-4-2-6-20(22)21-7-3-5-9-23(21)24/h2-13,24,29H,14-17H2,1H3. The van der Waals surface area contributed by atoms with Crippen molar-refractivity contribution in [2.45, 2.75) is 24.9 Å². The lowest BCUT2D eigenvalue weighted by molar-refractivity contribution is 0.0414. The summed E-state index contributed by atoms with van der Waals surface area (Å²) in [6, 6.07) is 24.5. The minimum absolute atomic E-state index is 0.0416. The molecular formula is C26H25NO3. The van der Waals surface area contributed by atoms with E-state index in [1.54, 1.807) is 4.90 Å². The average molecular weight is 399 g/mol. The summed E-state index contributed by atoms with van der Waals surface area (Å²) >= 11 is 0. The lowest BCUT2D eigenvalue weighted by Gasteiger charge is -2.24. The lowest BCUT2D eigenvalue weighted by Crippen LogP contribution is -2.35. The predicted octanol–water partition coefficient (Wildman–Crippen LogP) is 4.84. The first-order valence-corrected chi connectivity index (χ1v) is 10.4. The van der Waals surface area contributed by atoms with E-state index in [-0.39, 0.29) is 18.6 Å². The van der Waals surface area contributed by atoms with Crippen LogP contribution in [0.25, 0.3) is 11.1 Å². The Bertz CT molecular complexity index is 1050. The monoisotopic (exact) mass is 399 g/mol. The fourth-order valence-electron chi connectivity index (χ4n) is 4.73. The zero-order chi connectivity index (χ0) is 20.7. The van der Waals surface area contributed by atoms with Crippen molar-refractivity contribution in [3.8, 4) is 11.1 Å². The van der Waals surface area contributed by atoms with E-state index in [1.807, 2.05) is 55.5 Å². The van der Waals surface area contributed by atoms with E-state index < -0.39 is 5.60 Å². The van der Waals surface area contributed by atoms with Crippen molar-refractivity contribution in [2.24, 2.45) is 0 Å². The molecule has 1 fully saturated rings. The van der Waals surface area contributed by atoms with E-state index in [1.165, 1.54) is 22.3 Å². The number of nitrogens with zero attached hydrogens (tertiary/aromatic N) is 1. The molecule has 0 saturated carbocycles. The Hall–Kier alpha value is -3.11. The fourth-order valence-corrected chi connectivity index (χ4v) is 4.73. The first-order valence-electron chi connectivity index (χ1n) is 10.4. The molecule has 4 nitrogen and oxygen atoms in total. The van der Waals surface area contributed by atoms with Crippen molar-refractivity contribution in [3.05, 3.63) is 95.1 Å². The SMILES string of the molecule is Cc1ccc(C2(O)CCN(C(=O)OCC3c4ccccc4-c4ccccc43)C2)cc1. The molecule has 3 aromatic carbocycles. The van der Waals surface area contributed by atoms with Crippen LogP contribution in [0, 0.1) is 6.92 Å². The zero-order valence-corrected chi connectivity index (χ0v) is 17.0. The van der Waals surface area contributed by atoms with Crippen molar-refractivity contribution in [1.82, 2.24) is 4.90 Å². The first-order chi connectivity index (χ1) is 14.5. The quantitative estimate of drug-likeness (QED) is 0.686. The van der Waals surface area contributed by atoms with E-state index in [0.29, 0.717) is 19.6 Å². The number of ether oxygens (including phenoxy) is 1. The van der Waals surface area contributed by atoms with Gasteiger partial charge in [0.1, 0.15) is 12.2 Å². The van der Waals surface area contributed by atoms with Crippen LogP contribution in [-0.4, -0.2) is 35.8 Å². The van der Waals surface area contributed by atoms with Gasteiger partial charge in [-0.05, 0) is 41.2 Å². The van der Waals surface area contributed by atoms with Crippen LogP contribution in [0.1, 0.15) is 34.6 Å². The Morgan fingerprint density at radius 1 is 1.00 bits per heavy atom. The molecule has 1 amide bonds. The van der Waals surface area contributed by atoms with Gasteiger partial charge in [-0.2, -0.15) is 0 Å². The first kappa shape index (κ1) is 18.9. The molecule has 4 heteroatoms. The topological polar surface area (TPSA) is 49.8 Å². The van der Waals surface area contributed by atoms with E-state index in [4.69, 9.17) is 4.74 Å². The second-order valence-electron chi connectivity index (χ2n) is 8.37. The van der Waals surface area contributed by atoms with E-state index in [9.17, 15) is 9.90 Å². The summed E-state index contributed by atoms with van der Waals surface area (Å²) in [5, 5.41) is 11.1. The highest BCUT2D eigenvalue weighted by Crippen LogP contribution is 2.44. The predicted molar refractivity (Wildman–Crippen MR) is 116 cm³/mol. The van der Waals surface area contributed by atoms with Gasteiger partial charge in [-0.3, -0.25) is 0 Å². The van der Waals surface area contributed by atoms with Crippen LogP contribution in [0.4, 0.5) is 4.79 Å². The number of aryl methyl sites for hydroxylation is 1. The van der Waals surface area contributed by atoms with Gasteiger partial charge in [-0.25, -0.2) is 4.79 Å². The summed E-state index contributed by atoms with van der Waals surface area (Å²) < 4.78 is 5.75. The number of hydrogen-bond acceptors (Lipinski definition) is 3. The Labute approximate surface area is 176 Å². The molecule has 1 heterocycles. The summed E-state index contributed by atoms with van der Waals surface area (Å²) in [5.41, 5.74) is 5.80. The van der Waals surface area contributed by atoms with E-state index in [2.05, 4.69) is 24.3 Å². The van der Waals surface area contributed by atoms with Gasteiger partial charge in [0, 0.05) is 12.5 Å². The summed E-state index contributed by atoms with van der Waals surface area (Å²) in [4.78, 5) is 14.4. The largest absolute Gasteiger partial charge is 0.448 e. The van der Waals surface area contributed by atoms with Gasteiger partial charge >= 0.3 is 6.09 Å². The zero-order valence-electron chi connectivity index (χ0n) is 17.0. The number of amides is 1. The van der Waals surface area contributed by atoms with Crippen LogP contribution in [0.5, 0.6) is 0 Å². The van der Waals surface area contributed by atoms with Crippen LogP contribution in [0.15, 0.2) is 72.8 Å². The molecular weight excluding hydrogens is 374 g/mol. The van der Waals surface area contributed by atoms with Crippen molar-refractivity contribution < 1.29 is 14.6 Å². The number of carbonyl (C=O) groups is 1. The second kappa shape index (κ2) is 7.29. The molecule has 5 rings (SSSR count). The summed E-state index contributed by atoms with van der Waals surface area (Å²) in [6.07, 6.45) is 0.153. The number of hydrogen-bond donors (Lipinski definition) is 1. The number of β-amino-alcohol motifs (C(OH)–C–C–N with tert-alkyl or cyclic N) is 1. The average Bonchev–Trinajstić information content (AvgIpc) is 3.32. The molecule has 0 aromatic heterocycles. The van der Waals surface area contributed by atoms with Crippen molar-refractivity contribution in [2.75, 3.05) is 19.7 Å². The third-order valence-electron chi connectivity index (χ3n) is 6.43. The number of carbonyl (C=O) groups excluding carboxylic acids is 1. The summed E-state index contributed by atoms with van der Waals surface area (Å²) in [5.74, 6) is 0.0416. The molecule has 30 heavy (non-hydrogen) atoms. The molecule has 1 aliphatic carbocycles. The van der Waals surface area contributed by atoms with Gasteiger partial charge in [-0.1, -0.05) is 78.4 Å². The van der Waals surface area contributed by atoms with Gasteiger partial charge in [0.25, 0.3) is 0 Å². The highest BCUT2D eigenvalue weighted by molar-refractivity contribution is 5.79. The minimum atomic E-state index is -1.01. The fraction of sp³-hybridized carbons (Fsp3) is 0.269. The number of aliphatic hydroxyl groups is 1. The minimum Gasteiger partial charge on any atom is -0.448 e. The molecule has 1 atom stereocenters. The van der Waals surface area contributed by atoms with Crippen molar-refractivity contribution in [1.29, 1.82) is 0 Å². The maximum atomic E-state index is 12.8. The van der Waals surface area contributed by atoms with Gasteiger partial charge < -0.3 is 14.7 Å². The van der Waals surface area contributed by atoms with Crippen LogP contribution in [-0.2, 0) is 10.3 Å². The molecule has 3 aromatic rings. The molecule has 152 valence electrons. The third kappa shape index (κ3) is 3.17. The normalized spacial score (nSPS) is 20.1. The molecule has 1 unspecified atom stereocenters. The van der Waals surface area contributed by atoms with Crippen LogP contribution in [0.3, 0.4) is 0 Å². The Kier molecular flexibility index (Phi) is 4.59. The highest BCUT2D eigenvalue weighted by atomic mass is 16.6. The highest BCUT2D eigenvalue weighted by Gasteiger charge is 2.40. The maximum Gasteiger partial charge on any atom is 0.409 e. The van der Waals surface area contributed by atoms with Crippen molar-refractivity contribution >= 4 is 6.09 Å². The molecule has 1 saturated heterocycles. The number of benzene rings is 3. The van der Waals surface area contributed by atoms with Gasteiger partial charge in [0.05, 0.1) is 6.54 Å². The number of likely N-dealkylation sites (tertiary alicyclic amines) is 1. The molecule has 1 aliphatic heterocycles. The molecule has 2 aliphatic rings. The lowest BCUT2D eigenvalue weighted by atomic mass is 9.92. The Balaban J connectivity index is 1.29. The van der Waals surface area contributed by atoms with E-state index in [0.717, 1.165) is 11.1 Å². The maximum absolute atomic E-state index is 12.8. The van der Waals surface area contributed by atoms with Crippen LogP contribution >= 0.6 is 0 Å². The third-order valence-corrected chi connectivity index (χ3v) is 6.43. The molecule has 0 spiro atoms. The van der Waals surface area contributed by atoms with E-state index >= 15 is 0 Å². The Morgan fingerprint density at radius 3 is 2.23 bits per heavy atom. The van der Waals surface area contributed by atoms with Crippen LogP contribution in [0.2, 0.25) is 0 Å². The van der Waals surface area contributed by atoms with Gasteiger partial charge in [0.2, 0.25) is 0 Å². The number of rotatable bonds is 3. The van der Waals surface area contributed by atoms with Gasteiger partial charge in [-0.15, -0.1) is 0 Å². The second-order valence-corrected chi connectivity index (χ2v) is 8.37. The molecule has 1 N–H and O–H groups in total. The Morgan fingerprint density at radius 2 is 1.60 bits per heavy atom. The summed E-state index contributed by atoms with van der Waals surface area (Å²) in [7, 11) is 0. The van der Waals surface area contributed by atoms with Crippen molar-refractivity contribution in [3.63, 3.8) is 0 Å². The molecule has 0 radical (unpaired) electrons. The van der Waals surface area contributed by atoms with Gasteiger partial charge in [0.15, 0.2) is 0 Å². The summed E-state index contributed by atoms with van der Waals surface area (Å²) in [6.45, 7) is 3.06. The van der Waals surface area contributed by atoms with Crippen LogP contribution < -0.4 is 0 Å². The molecule has 0 bridgehead atoms. The smallest absolute Gasteiger partial charge is 0.409 e.